The van der Waals surface area contributed by atoms with E-state index in [-0.39, 0.29) is 18.2 Å². The highest BCUT2D eigenvalue weighted by molar-refractivity contribution is 5.77. The third-order valence-electron chi connectivity index (χ3n) is 4.40. The lowest BCUT2D eigenvalue weighted by atomic mass is 10.3. The van der Waals surface area contributed by atoms with Gasteiger partial charge >= 0.3 is 0 Å². The van der Waals surface area contributed by atoms with Crippen molar-refractivity contribution in [2.45, 2.75) is 6.42 Å². The van der Waals surface area contributed by atoms with Gasteiger partial charge in [0.05, 0.1) is 4.92 Å². The highest BCUT2D eigenvalue weighted by Gasteiger charge is 2.14. The van der Waals surface area contributed by atoms with Gasteiger partial charge in [0.15, 0.2) is 6.61 Å². The van der Waals surface area contributed by atoms with Crippen LogP contribution in [0.2, 0.25) is 0 Å². The summed E-state index contributed by atoms with van der Waals surface area (Å²) in [5, 5.41) is 10.6. The van der Waals surface area contributed by atoms with Crippen LogP contribution in [0, 0.1) is 10.1 Å². The monoisotopic (exact) mass is 350 g/mol. The fourth-order valence-electron chi connectivity index (χ4n) is 2.65. The quantitative estimate of drug-likeness (QED) is 0.515. The van der Waals surface area contributed by atoms with Crippen LogP contribution in [-0.2, 0) is 4.79 Å². The lowest BCUT2D eigenvalue weighted by molar-refractivity contribution is -0.384. The van der Waals surface area contributed by atoms with Crippen molar-refractivity contribution in [1.29, 1.82) is 0 Å². The van der Waals surface area contributed by atoms with E-state index in [1.807, 2.05) is 0 Å². The predicted octanol–water partition coefficient (Wildman–Crippen LogP) is 1.07. The van der Waals surface area contributed by atoms with Crippen molar-refractivity contribution < 1.29 is 14.5 Å². The third kappa shape index (κ3) is 6.32. The van der Waals surface area contributed by atoms with Crippen LogP contribution in [0.5, 0.6) is 5.75 Å². The second-order valence-electron chi connectivity index (χ2n) is 6.35. The number of likely N-dealkylation sites (N-methyl/N-ethyl adjacent to an activating group) is 2. The van der Waals surface area contributed by atoms with E-state index in [9.17, 15) is 14.9 Å². The van der Waals surface area contributed by atoms with Crippen LogP contribution in [0.25, 0.3) is 0 Å². The van der Waals surface area contributed by atoms with Gasteiger partial charge in [0.25, 0.3) is 11.6 Å². The first-order valence-electron chi connectivity index (χ1n) is 8.48. The first-order valence-corrected chi connectivity index (χ1v) is 8.48. The highest BCUT2D eigenvalue weighted by atomic mass is 16.6. The number of hydrogen-bond acceptors (Lipinski definition) is 6. The Bertz CT molecular complexity index is 571. The SMILES string of the molecule is CN1CCN(CCCN(C)C(=O)COc2ccc([N+](=O)[O-])cc2)CC1. The number of nitrogens with zero attached hydrogens (tertiary/aromatic N) is 4. The molecule has 0 aliphatic carbocycles. The summed E-state index contributed by atoms with van der Waals surface area (Å²) in [5.74, 6) is 0.349. The fourth-order valence-corrected chi connectivity index (χ4v) is 2.65. The van der Waals surface area contributed by atoms with Gasteiger partial charge in [-0.25, -0.2) is 0 Å². The smallest absolute Gasteiger partial charge is 0.269 e. The Hall–Kier alpha value is -2.19. The fraction of sp³-hybridized carbons (Fsp3) is 0.588. The number of benzene rings is 1. The topological polar surface area (TPSA) is 79.2 Å². The Labute approximate surface area is 148 Å². The number of hydrogen-bond donors (Lipinski definition) is 0. The number of nitro benzene ring substituents is 1. The van der Waals surface area contributed by atoms with Crippen molar-refractivity contribution in [3.8, 4) is 5.75 Å². The molecule has 8 heteroatoms. The minimum atomic E-state index is -0.469. The minimum Gasteiger partial charge on any atom is -0.484 e. The molecule has 0 spiro atoms. The van der Waals surface area contributed by atoms with Crippen molar-refractivity contribution in [3.05, 3.63) is 34.4 Å². The molecule has 1 aliphatic rings. The molecule has 138 valence electrons. The number of ether oxygens (including phenoxy) is 1. The molecule has 0 radical (unpaired) electrons. The summed E-state index contributed by atoms with van der Waals surface area (Å²) in [6.45, 7) is 5.97. The number of carbonyl (C=O) groups is 1. The molecule has 0 aromatic heterocycles. The molecule has 1 aromatic rings. The van der Waals surface area contributed by atoms with Crippen molar-refractivity contribution in [2.24, 2.45) is 0 Å². The molecule has 1 aromatic carbocycles. The number of nitro groups is 1. The standard InChI is InChI=1S/C17H26N4O4/c1-18-10-12-20(13-11-18)9-3-8-19(2)17(22)14-25-16-6-4-15(5-7-16)21(23)24/h4-7H,3,8-14H2,1-2H3. The largest absolute Gasteiger partial charge is 0.484 e. The number of non-ortho nitro benzene ring substituents is 1. The van der Waals surface area contributed by atoms with Crippen molar-refractivity contribution in [3.63, 3.8) is 0 Å². The normalized spacial score (nSPS) is 15.8. The van der Waals surface area contributed by atoms with E-state index in [2.05, 4.69) is 16.8 Å². The van der Waals surface area contributed by atoms with Crippen LogP contribution >= 0.6 is 0 Å². The molecule has 0 atom stereocenters. The molecule has 0 bridgehead atoms. The molecular weight excluding hydrogens is 324 g/mol. The van der Waals surface area contributed by atoms with Crippen LogP contribution in [0.1, 0.15) is 6.42 Å². The van der Waals surface area contributed by atoms with E-state index in [4.69, 9.17) is 4.74 Å². The second-order valence-corrected chi connectivity index (χ2v) is 6.35. The van der Waals surface area contributed by atoms with Gasteiger partial charge in [-0.2, -0.15) is 0 Å². The molecule has 1 fully saturated rings. The van der Waals surface area contributed by atoms with Gasteiger partial charge in [-0.3, -0.25) is 14.9 Å². The molecule has 0 saturated carbocycles. The van der Waals surface area contributed by atoms with Gasteiger partial charge in [0, 0.05) is 51.9 Å². The predicted molar refractivity (Wildman–Crippen MR) is 94.8 cm³/mol. The molecular formula is C17H26N4O4. The average Bonchev–Trinajstić information content (AvgIpc) is 2.61. The zero-order valence-electron chi connectivity index (χ0n) is 14.9. The number of rotatable bonds is 8. The van der Waals surface area contributed by atoms with E-state index in [1.165, 1.54) is 24.3 Å². The van der Waals surface area contributed by atoms with E-state index in [0.717, 1.165) is 39.1 Å². The summed E-state index contributed by atoms with van der Waals surface area (Å²) in [6.07, 6.45) is 0.934. The molecule has 0 unspecified atom stereocenters. The zero-order valence-corrected chi connectivity index (χ0v) is 14.9. The Morgan fingerprint density at radius 1 is 1.24 bits per heavy atom. The Morgan fingerprint density at radius 2 is 1.88 bits per heavy atom. The van der Waals surface area contributed by atoms with Gasteiger partial charge in [-0.05, 0) is 32.1 Å². The van der Waals surface area contributed by atoms with Crippen LogP contribution in [0.4, 0.5) is 5.69 Å². The van der Waals surface area contributed by atoms with Crippen LogP contribution in [-0.4, -0.2) is 85.5 Å². The maximum Gasteiger partial charge on any atom is 0.269 e. The molecule has 1 aliphatic heterocycles. The number of carbonyl (C=O) groups excluding carboxylic acids is 1. The second kappa shape index (κ2) is 9.33. The summed E-state index contributed by atoms with van der Waals surface area (Å²) in [5.41, 5.74) is -0.000277. The Kier molecular flexibility index (Phi) is 7.15. The third-order valence-corrected chi connectivity index (χ3v) is 4.40. The Morgan fingerprint density at radius 3 is 2.48 bits per heavy atom. The number of amides is 1. The maximum absolute atomic E-state index is 12.1. The summed E-state index contributed by atoms with van der Waals surface area (Å²) < 4.78 is 5.40. The average molecular weight is 350 g/mol. The van der Waals surface area contributed by atoms with Gasteiger partial charge in [0.1, 0.15) is 5.75 Å². The Balaban J connectivity index is 1.65. The highest BCUT2D eigenvalue weighted by Crippen LogP contribution is 2.17. The van der Waals surface area contributed by atoms with E-state index < -0.39 is 4.92 Å². The molecule has 1 heterocycles. The van der Waals surface area contributed by atoms with Crippen molar-refractivity contribution in [2.75, 3.05) is 60.0 Å². The molecule has 1 saturated heterocycles. The van der Waals surface area contributed by atoms with E-state index in [1.54, 1.807) is 11.9 Å². The lowest BCUT2D eigenvalue weighted by Gasteiger charge is -2.32. The molecule has 1 amide bonds. The first kappa shape index (κ1) is 19.1. The maximum atomic E-state index is 12.1. The van der Waals surface area contributed by atoms with Gasteiger partial charge in [0.2, 0.25) is 0 Å². The van der Waals surface area contributed by atoms with Crippen LogP contribution in [0.15, 0.2) is 24.3 Å². The number of piperazine rings is 1. The van der Waals surface area contributed by atoms with Crippen molar-refractivity contribution in [1.82, 2.24) is 14.7 Å². The van der Waals surface area contributed by atoms with E-state index >= 15 is 0 Å². The first-order chi connectivity index (χ1) is 12.0. The zero-order chi connectivity index (χ0) is 18.2. The molecule has 8 nitrogen and oxygen atoms in total. The van der Waals surface area contributed by atoms with Gasteiger partial charge in [-0.15, -0.1) is 0 Å². The van der Waals surface area contributed by atoms with Gasteiger partial charge < -0.3 is 19.4 Å². The van der Waals surface area contributed by atoms with Crippen LogP contribution in [0.3, 0.4) is 0 Å². The molecule has 2 rings (SSSR count). The summed E-state index contributed by atoms with van der Waals surface area (Å²) in [6, 6.07) is 5.72. The van der Waals surface area contributed by atoms with Crippen LogP contribution < -0.4 is 4.74 Å². The molecule has 25 heavy (non-hydrogen) atoms. The van der Waals surface area contributed by atoms with Gasteiger partial charge in [-0.1, -0.05) is 0 Å². The lowest BCUT2D eigenvalue weighted by Crippen LogP contribution is -2.45. The minimum absolute atomic E-state index is 0.000277. The summed E-state index contributed by atoms with van der Waals surface area (Å²) in [7, 11) is 3.90. The van der Waals surface area contributed by atoms with Crippen molar-refractivity contribution >= 4 is 11.6 Å². The molecule has 0 N–H and O–H groups in total. The summed E-state index contributed by atoms with van der Waals surface area (Å²) in [4.78, 5) is 28.6. The van der Waals surface area contributed by atoms with E-state index in [0.29, 0.717) is 12.3 Å². The summed E-state index contributed by atoms with van der Waals surface area (Å²) >= 11 is 0.